The molecule has 0 saturated heterocycles. The molecule has 0 amide bonds. The van der Waals surface area contributed by atoms with E-state index in [9.17, 15) is 0 Å². The molecule has 2 atom stereocenters. The maximum atomic E-state index is 5.31. The van der Waals surface area contributed by atoms with E-state index in [1.165, 1.54) is 11.1 Å². The van der Waals surface area contributed by atoms with Gasteiger partial charge < -0.3 is 29.6 Å². The van der Waals surface area contributed by atoms with Gasteiger partial charge in [0, 0.05) is 12.1 Å². The van der Waals surface area contributed by atoms with Crippen molar-refractivity contribution in [2.75, 3.05) is 27.7 Å². The number of likely N-dealkylation sites (N-methyl/N-ethyl adjacent to an activating group) is 2. The number of hydrogen-bond acceptors (Lipinski definition) is 6. The molecule has 0 saturated carbocycles. The highest BCUT2D eigenvalue weighted by atomic mass is 16.7. The molecular formula is C22H30N2O4. The summed E-state index contributed by atoms with van der Waals surface area (Å²) in [5.41, 5.74) is 2.55. The van der Waals surface area contributed by atoms with Gasteiger partial charge in [-0.1, -0.05) is 12.1 Å². The molecule has 2 aliphatic rings. The lowest BCUT2D eigenvalue weighted by molar-refractivity contribution is 0.173. The van der Waals surface area contributed by atoms with Crippen LogP contribution in [0.25, 0.3) is 0 Å². The van der Waals surface area contributed by atoms with Crippen LogP contribution in [-0.2, 0) is 12.8 Å². The van der Waals surface area contributed by atoms with E-state index in [0.29, 0.717) is 25.7 Å². The second-order valence-electron chi connectivity index (χ2n) is 7.16. The maximum absolute atomic E-state index is 5.31. The van der Waals surface area contributed by atoms with Crippen LogP contribution >= 0.6 is 0 Å². The Balaban J connectivity index is 0.000000161. The number of fused-ring (bicyclic) bond motifs is 2. The Morgan fingerprint density at radius 2 is 1.07 bits per heavy atom. The van der Waals surface area contributed by atoms with Crippen LogP contribution < -0.4 is 29.6 Å². The lowest BCUT2D eigenvalue weighted by Crippen LogP contribution is -2.23. The monoisotopic (exact) mass is 386 g/mol. The maximum Gasteiger partial charge on any atom is 0.231 e. The molecule has 6 heteroatoms. The highest BCUT2D eigenvalue weighted by molar-refractivity contribution is 5.45. The normalized spacial score (nSPS) is 15.6. The fourth-order valence-corrected chi connectivity index (χ4v) is 3.05. The molecule has 28 heavy (non-hydrogen) atoms. The molecule has 0 fully saturated rings. The first-order valence-electron chi connectivity index (χ1n) is 9.70. The quantitative estimate of drug-likeness (QED) is 0.795. The van der Waals surface area contributed by atoms with Crippen molar-refractivity contribution in [1.82, 2.24) is 10.6 Å². The average molecular weight is 386 g/mol. The Bertz CT molecular complexity index is 716. The molecule has 152 valence electrons. The molecule has 0 bridgehead atoms. The summed E-state index contributed by atoms with van der Waals surface area (Å²) in [5.74, 6) is 3.44. The first kappa shape index (κ1) is 20.3. The zero-order valence-corrected chi connectivity index (χ0v) is 17.1. The van der Waals surface area contributed by atoms with E-state index in [-0.39, 0.29) is 0 Å². The summed E-state index contributed by atoms with van der Waals surface area (Å²) in [5, 5.41) is 6.42. The Hall–Kier alpha value is -2.44. The van der Waals surface area contributed by atoms with Crippen molar-refractivity contribution in [3.8, 4) is 23.0 Å². The van der Waals surface area contributed by atoms with Crippen LogP contribution in [0.2, 0.25) is 0 Å². The lowest BCUT2D eigenvalue weighted by Gasteiger charge is -2.10. The molecule has 0 aromatic heterocycles. The lowest BCUT2D eigenvalue weighted by atomic mass is 10.1. The SMILES string of the molecule is CNC(C)Cc1ccc2c(c1)OCO2.CNC(C)Cc1ccc2c(c1)OCO2. The van der Waals surface area contributed by atoms with Gasteiger partial charge in [0.15, 0.2) is 23.0 Å². The number of hydrogen-bond donors (Lipinski definition) is 2. The fourth-order valence-electron chi connectivity index (χ4n) is 3.05. The standard InChI is InChI=1S/2C11H15NO2/c2*1-8(12-2)5-9-3-4-10-11(6-9)14-7-13-10/h2*3-4,6,8,12H,5,7H2,1-2H3. The van der Waals surface area contributed by atoms with Crippen LogP contribution in [0.1, 0.15) is 25.0 Å². The molecule has 0 aliphatic carbocycles. The van der Waals surface area contributed by atoms with E-state index in [1.807, 2.05) is 26.2 Å². The van der Waals surface area contributed by atoms with Gasteiger partial charge in [0.05, 0.1) is 0 Å². The zero-order chi connectivity index (χ0) is 19.9. The first-order valence-corrected chi connectivity index (χ1v) is 9.70. The van der Waals surface area contributed by atoms with Gasteiger partial charge in [0.1, 0.15) is 0 Å². The topological polar surface area (TPSA) is 61.0 Å². The zero-order valence-electron chi connectivity index (χ0n) is 17.1. The highest BCUT2D eigenvalue weighted by Crippen LogP contribution is 2.33. The van der Waals surface area contributed by atoms with Crippen LogP contribution in [0.15, 0.2) is 36.4 Å². The van der Waals surface area contributed by atoms with Crippen LogP contribution in [0.3, 0.4) is 0 Å². The third-order valence-electron chi connectivity index (χ3n) is 4.94. The van der Waals surface area contributed by atoms with Crippen LogP contribution in [0.5, 0.6) is 23.0 Å². The molecule has 2 N–H and O–H groups in total. The van der Waals surface area contributed by atoms with Gasteiger partial charge in [-0.2, -0.15) is 0 Å². The third-order valence-corrected chi connectivity index (χ3v) is 4.94. The molecule has 0 spiro atoms. The summed E-state index contributed by atoms with van der Waals surface area (Å²) in [6.45, 7) is 5.01. The molecule has 2 aromatic rings. The van der Waals surface area contributed by atoms with Crippen molar-refractivity contribution in [3.05, 3.63) is 47.5 Å². The number of benzene rings is 2. The molecule has 2 aromatic carbocycles. The number of rotatable bonds is 6. The van der Waals surface area contributed by atoms with E-state index in [1.54, 1.807) is 0 Å². The molecule has 2 unspecified atom stereocenters. The molecule has 2 aliphatic heterocycles. The van der Waals surface area contributed by atoms with Crippen LogP contribution in [-0.4, -0.2) is 39.8 Å². The minimum Gasteiger partial charge on any atom is -0.454 e. The van der Waals surface area contributed by atoms with Gasteiger partial charge in [-0.25, -0.2) is 0 Å². The summed E-state index contributed by atoms with van der Waals surface area (Å²) in [4.78, 5) is 0. The molecule has 4 rings (SSSR count). The highest BCUT2D eigenvalue weighted by Gasteiger charge is 2.14. The summed E-state index contributed by atoms with van der Waals surface area (Å²) in [7, 11) is 3.94. The second-order valence-corrected chi connectivity index (χ2v) is 7.16. The summed E-state index contributed by atoms with van der Waals surface area (Å²) in [6, 6.07) is 13.2. The largest absolute Gasteiger partial charge is 0.454 e. The van der Waals surface area contributed by atoms with Crippen LogP contribution in [0.4, 0.5) is 0 Å². The van der Waals surface area contributed by atoms with Gasteiger partial charge in [-0.15, -0.1) is 0 Å². The van der Waals surface area contributed by atoms with E-state index in [2.05, 4.69) is 48.7 Å². The van der Waals surface area contributed by atoms with Gasteiger partial charge in [-0.3, -0.25) is 0 Å². The number of nitrogens with one attached hydrogen (secondary N) is 2. The smallest absolute Gasteiger partial charge is 0.231 e. The van der Waals surface area contributed by atoms with Crippen molar-refractivity contribution >= 4 is 0 Å². The average Bonchev–Trinajstić information content (AvgIpc) is 3.36. The molecular weight excluding hydrogens is 356 g/mol. The fraction of sp³-hybridized carbons (Fsp3) is 0.455. The van der Waals surface area contributed by atoms with Crippen LogP contribution in [0, 0.1) is 0 Å². The summed E-state index contributed by atoms with van der Waals surface area (Å²) in [6.07, 6.45) is 2.01. The van der Waals surface area contributed by atoms with Gasteiger partial charge in [0.25, 0.3) is 0 Å². The van der Waals surface area contributed by atoms with Crippen molar-refractivity contribution in [2.24, 2.45) is 0 Å². The van der Waals surface area contributed by atoms with E-state index < -0.39 is 0 Å². The predicted molar refractivity (Wildman–Crippen MR) is 110 cm³/mol. The first-order chi connectivity index (χ1) is 13.6. The summed E-state index contributed by atoms with van der Waals surface area (Å²) < 4.78 is 21.1. The minimum absolute atomic E-state index is 0.348. The molecule has 2 heterocycles. The molecule has 0 radical (unpaired) electrons. The Morgan fingerprint density at radius 1 is 0.679 bits per heavy atom. The van der Waals surface area contributed by atoms with E-state index >= 15 is 0 Å². The van der Waals surface area contributed by atoms with Crippen molar-refractivity contribution in [3.63, 3.8) is 0 Å². The summed E-state index contributed by atoms with van der Waals surface area (Å²) >= 11 is 0. The Morgan fingerprint density at radius 3 is 1.46 bits per heavy atom. The van der Waals surface area contributed by atoms with Gasteiger partial charge >= 0.3 is 0 Å². The Labute approximate surface area is 167 Å². The minimum atomic E-state index is 0.348. The van der Waals surface area contributed by atoms with Gasteiger partial charge in [0.2, 0.25) is 13.6 Å². The molecule has 6 nitrogen and oxygen atoms in total. The van der Waals surface area contributed by atoms with Crippen molar-refractivity contribution in [1.29, 1.82) is 0 Å². The van der Waals surface area contributed by atoms with Gasteiger partial charge in [-0.05, 0) is 76.2 Å². The van der Waals surface area contributed by atoms with E-state index in [0.717, 1.165) is 35.8 Å². The van der Waals surface area contributed by atoms with E-state index in [4.69, 9.17) is 18.9 Å². The number of ether oxygens (including phenoxy) is 4. The predicted octanol–water partition coefficient (Wildman–Crippen LogP) is 3.13. The van der Waals surface area contributed by atoms with Crippen molar-refractivity contribution in [2.45, 2.75) is 38.8 Å². The van der Waals surface area contributed by atoms with Crippen molar-refractivity contribution < 1.29 is 18.9 Å². The third kappa shape index (κ3) is 5.30. The Kier molecular flexibility index (Phi) is 7.01. The second kappa shape index (κ2) is 9.66.